The molecule has 0 nitrogen and oxygen atoms in total. The molecule has 0 amide bonds. The fourth-order valence-electron chi connectivity index (χ4n) is 7.20. The second kappa shape index (κ2) is 24.5. The van der Waals surface area contributed by atoms with Crippen LogP contribution >= 0.6 is 0 Å². The topological polar surface area (TPSA) is 0 Å². The van der Waals surface area contributed by atoms with E-state index in [1.807, 2.05) is 41.5 Å². The summed E-state index contributed by atoms with van der Waals surface area (Å²) in [5.74, 6) is 3.57. The van der Waals surface area contributed by atoms with Crippen molar-refractivity contribution in [1.29, 1.82) is 0 Å². The van der Waals surface area contributed by atoms with Crippen LogP contribution in [0.2, 0.25) is 0 Å². The Morgan fingerprint density at radius 3 is 0.778 bits per heavy atom. The summed E-state index contributed by atoms with van der Waals surface area (Å²) in [6.07, 6.45) is 0. The van der Waals surface area contributed by atoms with Crippen molar-refractivity contribution >= 4 is 32.3 Å². The van der Waals surface area contributed by atoms with Gasteiger partial charge in [-0.25, -0.2) is 0 Å². The lowest BCUT2D eigenvalue weighted by Gasteiger charge is -2.18. The first kappa shape index (κ1) is 48.1. The highest BCUT2D eigenvalue weighted by Gasteiger charge is 2.14. The number of rotatable bonds is 6. The van der Waals surface area contributed by atoms with E-state index in [-0.39, 0.29) is 0 Å². The summed E-state index contributed by atoms with van der Waals surface area (Å²) in [6, 6.07) is 39.8. The maximum Gasteiger partial charge on any atom is -0.0146 e. The molecule has 6 aromatic carbocycles. The molecule has 0 fully saturated rings. The molecule has 0 N–H and O–H groups in total. The summed E-state index contributed by atoms with van der Waals surface area (Å²) in [4.78, 5) is 0. The zero-order valence-corrected chi connectivity index (χ0v) is 37.9. The molecule has 6 aromatic rings. The van der Waals surface area contributed by atoms with E-state index in [1.165, 1.54) is 65.7 Å². The molecule has 54 heavy (non-hydrogen) atoms. The maximum atomic E-state index is 2.36. The molecule has 0 atom stereocenters. The van der Waals surface area contributed by atoms with Crippen molar-refractivity contribution in [2.24, 2.45) is 0 Å². The number of hydrogen-bond donors (Lipinski definition) is 0. The van der Waals surface area contributed by atoms with Gasteiger partial charge in [0.05, 0.1) is 0 Å². The summed E-state index contributed by atoms with van der Waals surface area (Å²) in [7, 11) is 0. The van der Waals surface area contributed by atoms with Crippen molar-refractivity contribution in [3.8, 4) is 0 Å². The van der Waals surface area contributed by atoms with Crippen LogP contribution in [0.4, 0.5) is 0 Å². The number of benzene rings is 6. The van der Waals surface area contributed by atoms with E-state index in [0.717, 1.165) is 0 Å². The normalized spacial score (nSPS) is 10.7. The van der Waals surface area contributed by atoms with Crippen LogP contribution in [-0.2, 0) is 0 Å². The van der Waals surface area contributed by atoms with Gasteiger partial charge in [0.15, 0.2) is 0 Å². The lowest BCUT2D eigenvalue weighted by atomic mass is 9.86. The Morgan fingerprint density at radius 2 is 0.519 bits per heavy atom. The van der Waals surface area contributed by atoms with Crippen LogP contribution in [0, 0.1) is 0 Å². The Balaban J connectivity index is 0.000000378. The van der Waals surface area contributed by atoms with Gasteiger partial charge in [0.1, 0.15) is 0 Å². The molecule has 0 bridgehead atoms. The second-order valence-corrected chi connectivity index (χ2v) is 15.3. The Hall–Kier alpha value is -3.90. The average Bonchev–Trinajstić information content (AvgIpc) is 3.18. The van der Waals surface area contributed by atoms with E-state index >= 15 is 0 Å². The monoisotopic (exact) mass is 727 g/mol. The second-order valence-electron chi connectivity index (χ2n) is 15.3. The van der Waals surface area contributed by atoms with Gasteiger partial charge in [-0.1, -0.05) is 234 Å². The highest BCUT2D eigenvalue weighted by molar-refractivity contribution is 5.88. The van der Waals surface area contributed by atoms with Crippen LogP contribution in [0.15, 0.2) is 109 Å². The van der Waals surface area contributed by atoms with Crippen LogP contribution in [0.3, 0.4) is 0 Å². The Morgan fingerprint density at radius 1 is 0.259 bits per heavy atom. The van der Waals surface area contributed by atoms with Crippen LogP contribution in [0.25, 0.3) is 32.3 Å². The lowest BCUT2D eigenvalue weighted by Crippen LogP contribution is -1.99. The van der Waals surface area contributed by atoms with Gasteiger partial charge in [-0.3, -0.25) is 0 Å². The van der Waals surface area contributed by atoms with Gasteiger partial charge in [0.25, 0.3) is 0 Å². The van der Waals surface area contributed by atoms with Crippen LogP contribution in [0.5, 0.6) is 0 Å². The van der Waals surface area contributed by atoms with Gasteiger partial charge in [-0.05, 0) is 101 Å². The minimum atomic E-state index is 0.587. The third-order valence-corrected chi connectivity index (χ3v) is 9.60. The largest absolute Gasteiger partial charge is 0.0683 e. The summed E-state index contributed by atoms with van der Waals surface area (Å²) in [6.45, 7) is 39.3. The smallest absolute Gasteiger partial charge is 0.0146 e. The third-order valence-electron chi connectivity index (χ3n) is 9.60. The van der Waals surface area contributed by atoms with Gasteiger partial charge in [-0.2, -0.15) is 0 Å². The molecular weight excluding hydrogens is 649 g/mol. The minimum absolute atomic E-state index is 0.587. The van der Waals surface area contributed by atoms with E-state index in [1.54, 1.807) is 0 Å². The van der Waals surface area contributed by atoms with Gasteiger partial charge < -0.3 is 0 Å². The first-order valence-corrected chi connectivity index (χ1v) is 21.4. The molecule has 0 radical (unpaired) electrons. The summed E-state index contributed by atoms with van der Waals surface area (Å²) in [5.41, 5.74) is 9.02. The highest BCUT2D eigenvalue weighted by Crippen LogP contribution is 2.34. The summed E-state index contributed by atoms with van der Waals surface area (Å²) in [5, 5.41) is 8.27. The van der Waals surface area contributed by atoms with Gasteiger partial charge in [-0.15, -0.1) is 0 Å². The molecule has 0 aliphatic carbocycles. The quantitative estimate of drug-likeness (QED) is 0.160. The summed E-state index contributed by atoms with van der Waals surface area (Å²) < 4.78 is 0. The first-order chi connectivity index (χ1) is 25.8. The van der Waals surface area contributed by atoms with Crippen molar-refractivity contribution in [2.75, 3.05) is 0 Å². The van der Waals surface area contributed by atoms with Crippen LogP contribution in [-0.4, -0.2) is 0 Å². The fourth-order valence-corrected chi connectivity index (χ4v) is 7.20. The Labute approximate surface area is 333 Å². The van der Waals surface area contributed by atoms with Crippen molar-refractivity contribution in [1.82, 2.24) is 0 Å². The zero-order chi connectivity index (χ0) is 41.1. The van der Waals surface area contributed by atoms with Gasteiger partial charge in [0, 0.05) is 0 Å². The molecular formula is C54H78. The molecule has 0 saturated heterocycles. The standard InChI is InChI=1S/3C16H20.3C2H6/c1-11(2)15-9-13-7-5-6-8-14(13)10-16(15)12(3)4;2*1-11(2)14-10-9-13-7-5-6-8-15(13)16(14)12(3)4;3*1-2/h3*5-12H,1-4H3;3*1-2H3. The SMILES string of the molecule is CC.CC.CC.CC(C)c1cc2ccccc2cc1C(C)C.CC(C)c1ccc2ccccc2c1C(C)C.CC(C)c1ccc2ccccc2c1C(C)C. The molecule has 294 valence electrons. The van der Waals surface area contributed by atoms with Crippen molar-refractivity contribution < 1.29 is 0 Å². The highest BCUT2D eigenvalue weighted by atomic mass is 14.2. The molecule has 0 unspecified atom stereocenters. The van der Waals surface area contributed by atoms with Gasteiger partial charge in [0.2, 0.25) is 0 Å². The number of fused-ring (bicyclic) bond motifs is 3. The van der Waals surface area contributed by atoms with E-state index in [9.17, 15) is 0 Å². The maximum absolute atomic E-state index is 2.36. The molecule has 0 spiro atoms. The molecule has 0 aromatic heterocycles. The van der Waals surface area contributed by atoms with Gasteiger partial charge >= 0.3 is 0 Å². The predicted octanol–water partition coefficient (Wildman–Crippen LogP) is 18.3. The van der Waals surface area contributed by atoms with E-state index in [4.69, 9.17) is 0 Å². The fraction of sp³-hybridized carbons (Fsp3) is 0.444. The minimum Gasteiger partial charge on any atom is -0.0683 e. The lowest BCUT2D eigenvalue weighted by molar-refractivity contribution is 0.793. The van der Waals surface area contributed by atoms with E-state index in [2.05, 4.69) is 192 Å². The van der Waals surface area contributed by atoms with Crippen LogP contribution in [0.1, 0.15) is 194 Å². The molecule has 0 saturated carbocycles. The van der Waals surface area contributed by atoms with Crippen molar-refractivity contribution in [3.63, 3.8) is 0 Å². The van der Waals surface area contributed by atoms with E-state index < -0.39 is 0 Å². The molecule has 0 heterocycles. The molecule has 6 rings (SSSR count). The number of hydrogen-bond acceptors (Lipinski definition) is 0. The average molecular weight is 727 g/mol. The third kappa shape index (κ3) is 12.9. The van der Waals surface area contributed by atoms with E-state index in [0.29, 0.717) is 35.5 Å². The zero-order valence-electron chi connectivity index (χ0n) is 37.9. The van der Waals surface area contributed by atoms with Crippen molar-refractivity contribution in [2.45, 2.75) is 160 Å². The predicted molar refractivity (Wildman–Crippen MR) is 250 cm³/mol. The molecule has 0 aliphatic heterocycles. The molecule has 0 aliphatic rings. The van der Waals surface area contributed by atoms with Crippen molar-refractivity contribution in [3.05, 3.63) is 143 Å². The first-order valence-electron chi connectivity index (χ1n) is 21.4. The Kier molecular flexibility index (Phi) is 21.8. The molecule has 0 heteroatoms. The van der Waals surface area contributed by atoms with Crippen LogP contribution < -0.4 is 0 Å². The Bertz CT molecular complexity index is 1760. The summed E-state index contributed by atoms with van der Waals surface area (Å²) >= 11 is 0.